The van der Waals surface area contributed by atoms with Crippen LogP contribution in [-0.2, 0) is 12.3 Å². The summed E-state index contributed by atoms with van der Waals surface area (Å²) in [6.45, 7) is 15.9. The molecular weight excluding hydrogens is 252 g/mol. The Morgan fingerprint density at radius 1 is 0.875 bits per heavy atom. The van der Waals surface area contributed by atoms with Gasteiger partial charge in [-0.25, -0.2) is 0 Å². The van der Waals surface area contributed by atoms with Crippen molar-refractivity contribution in [3.05, 3.63) is 30.6 Å². The molecule has 6 heteroatoms. The Labute approximate surface area is 102 Å². The average molecular weight is 274 g/mol. The van der Waals surface area contributed by atoms with Gasteiger partial charge in [0.15, 0.2) is 0 Å². The third-order valence-corrected chi connectivity index (χ3v) is 14.9. The van der Waals surface area contributed by atoms with E-state index in [0.717, 1.165) is 6.42 Å². The van der Waals surface area contributed by atoms with E-state index in [-0.39, 0.29) is 0 Å². The molecule has 0 aromatic carbocycles. The van der Waals surface area contributed by atoms with Crippen LogP contribution in [0.15, 0.2) is 24.6 Å². The Hall–Kier alpha value is 0.0106. The first-order valence-electron chi connectivity index (χ1n) is 5.52. The molecule has 1 rings (SSSR count). The van der Waals surface area contributed by atoms with Crippen molar-refractivity contribution in [2.75, 3.05) is 0 Å². The molecule has 0 aromatic rings. The fraction of sp³-hybridized carbons (Fsp3) is 0.500. The highest BCUT2D eigenvalue weighted by atomic mass is 28.5. The molecule has 0 aliphatic carbocycles. The van der Waals surface area contributed by atoms with Gasteiger partial charge in [0.2, 0.25) is 0 Å². The average Bonchev–Trinajstić information content (AvgIpc) is 2.16. The van der Waals surface area contributed by atoms with Gasteiger partial charge in [0.1, 0.15) is 0 Å². The number of rotatable bonds is 4. The smallest absolute Gasteiger partial charge is 0.343 e. The molecule has 1 heterocycles. The molecule has 16 heavy (non-hydrogen) atoms. The Morgan fingerprint density at radius 3 is 1.56 bits per heavy atom. The van der Waals surface area contributed by atoms with Crippen molar-refractivity contribution in [1.29, 1.82) is 0 Å². The second-order valence-corrected chi connectivity index (χ2v) is 14.1. The molecule has 1 aliphatic rings. The fourth-order valence-corrected chi connectivity index (χ4v) is 15.9. The maximum atomic E-state index is 6.09. The molecule has 1 radical (unpaired) electrons. The summed E-state index contributed by atoms with van der Waals surface area (Å²) in [5.41, 5.74) is 3.66. The van der Waals surface area contributed by atoms with E-state index < -0.39 is 25.7 Å². The standard InChI is InChI=1S/C10H21O3Si3/c1-7-10-16(6)12-14(4,8-2)11-15(5,9-3)13-16/h8-10H,2-3,7H2,1,4-6H3. The van der Waals surface area contributed by atoms with Crippen LogP contribution in [0.4, 0.5) is 0 Å². The lowest BCUT2D eigenvalue weighted by Crippen LogP contribution is -2.66. The molecule has 0 bridgehead atoms. The molecule has 0 aromatic heterocycles. The monoisotopic (exact) mass is 273 g/mol. The molecule has 0 N–H and O–H groups in total. The third-order valence-electron chi connectivity index (χ3n) is 2.53. The molecule has 0 saturated carbocycles. The summed E-state index contributed by atoms with van der Waals surface area (Å²) < 4.78 is 18.2. The minimum Gasteiger partial charge on any atom is -0.412 e. The van der Waals surface area contributed by atoms with Crippen LogP contribution in [0.3, 0.4) is 0 Å². The van der Waals surface area contributed by atoms with Crippen molar-refractivity contribution in [1.82, 2.24) is 0 Å². The minimum atomic E-state index is -2.28. The van der Waals surface area contributed by atoms with Crippen molar-refractivity contribution < 1.29 is 12.3 Å². The van der Waals surface area contributed by atoms with E-state index in [1.54, 1.807) is 0 Å². The maximum absolute atomic E-state index is 6.09. The van der Waals surface area contributed by atoms with E-state index >= 15 is 0 Å². The van der Waals surface area contributed by atoms with Gasteiger partial charge in [-0.05, 0) is 19.6 Å². The highest BCUT2D eigenvalue weighted by Gasteiger charge is 2.54. The van der Waals surface area contributed by atoms with Crippen LogP contribution in [0.25, 0.3) is 0 Å². The van der Waals surface area contributed by atoms with Gasteiger partial charge in [0, 0.05) is 6.04 Å². The highest BCUT2D eigenvalue weighted by Crippen LogP contribution is 2.33. The lowest BCUT2D eigenvalue weighted by Gasteiger charge is -2.48. The predicted octanol–water partition coefficient (Wildman–Crippen LogP) is 2.87. The highest BCUT2D eigenvalue weighted by molar-refractivity contribution is 6.97. The minimum absolute atomic E-state index is 0.950. The Balaban J connectivity index is 2.99. The van der Waals surface area contributed by atoms with E-state index in [4.69, 9.17) is 12.3 Å². The van der Waals surface area contributed by atoms with Crippen molar-refractivity contribution in [2.24, 2.45) is 0 Å². The van der Waals surface area contributed by atoms with E-state index in [9.17, 15) is 0 Å². The van der Waals surface area contributed by atoms with Crippen LogP contribution in [0.5, 0.6) is 0 Å². The Bertz CT molecular complexity index is 275. The Morgan fingerprint density at radius 2 is 1.25 bits per heavy atom. The molecule has 0 amide bonds. The summed E-state index contributed by atoms with van der Waals surface area (Å²) in [5, 5.41) is 0. The van der Waals surface area contributed by atoms with Gasteiger partial charge < -0.3 is 12.3 Å². The second kappa shape index (κ2) is 4.71. The molecule has 3 nitrogen and oxygen atoms in total. The largest absolute Gasteiger partial charge is 0.412 e. The maximum Gasteiger partial charge on any atom is 0.343 e. The van der Waals surface area contributed by atoms with E-state index in [1.165, 1.54) is 0 Å². The zero-order valence-electron chi connectivity index (χ0n) is 10.6. The van der Waals surface area contributed by atoms with E-state index in [2.05, 4.69) is 32.7 Å². The molecule has 2 unspecified atom stereocenters. The first kappa shape index (κ1) is 14.1. The van der Waals surface area contributed by atoms with Gasteiger partial charge >= 0.3 is 25.7 Å². The van der Waals surface area contributed by atoms with Gasteiger partial charge in [-0.2, -0.15) is 0 Å². The third kappa shape index (κ3) is 3.02. The number of hydrogen-bond acceptors (Lipinski definition) is 3. The quantitative estimate of drug-likeness (QED) is 0.737. The molecule has 1 saturated heterocycles. The summed E-state index contributed by atoms with van der Waals surface area (Å²) in [5.74, 6) is 0. The van der Waals surface area contributed by atoms with Crippen LogP contribution in [0.2, 0.25) is 19.6 Å². The lowest BCUT2D eigenvalue weighted by molar-refractivity contribution is 0.246. The lowest BCUT2D eigenvalue weighted by atomic mass is 10.6. The van der Waals surface area contributed by atoms with Gasteiger partial charge in [-0.15, -0.1) is 13.2 Å². The fourth-order valence-electron chi connectivity index (χ4n) is 1.89. The van der Waals surface area contributed by atoms with Crippen LogP contribution < -0.4 is 0 Å². The van der Waals surface area contributed by atoms with Crippen molar-refractivity contribution in [2.45, 2.75) is 33.0 Å². The normalized spacial score (nSPS) is 44.0. The molecule has 2 atom stereocenters. The topological polar surface area (TPSA) is 27.7 Å². The van der Waals surface area contributed by atoms with Crippen molar-refractivity contribution >= 4 is 25.7 Å². The first-order valence-corrected chi connectivity index (χ1v) is 12.7. The van der Waals surface area contributed by atoms with Gasteiger partial charge in [-0.3, -0.25) is 0 Å². The second-order valence-electron chi connectivity index (χ2n) is 4.37. The van der Waals surface area contributed by atoms with E-state index in [1.807, 2.05) is 24.5 Å². The van der Waals surface area contributed by atoms with Gasteiger partial charge in [-0.1, -0.05) is 24.7 Å². The van der Waals surface area contributed by atoms with Gasteiger partial charge in [0.25, 0.3) is 0 Å². The van der Waals surface area contributed by atoms with Crippen LogP contribution in [0, 0.1) is 6.04 Å². The Kier molecular flexibility index (Phi) is 4.14. The van der Waals surface area contributed by atoms with Gasteiger partial charge in [0.05, 0.1) is 0 Å². The molecule has 91 valence electrons. The SMILES string of the molecule is C=C[Si]1(C)O[Si](C)([CH]CC)O[Si](C)(C=C)O1. The van der Waals surface area contributed by atoms with E-state index in [0.29, 0.717) is 0 Å². The summed E-state index contributed by atoms with van der Waals surface area (Å²) in [4.78, 5) is 0. The van der Waals surface area contributed by atoms with Crippen LogP contribution in [-0.4, -0.2) is 25.7 Å². The summed E-state index contributed by atoms with van der Waals surface area (Å²) in [6.07, 6.45) is 0.950. The summed E-state index contributed by atoms with van der Waals surface area (Å²) >= 11 is 0. The molecule has 1 fully saturated rings. The van der Waals surface area contributed by atoms with Crippen LogP contribution >= 0.6 is 0 Å². The van der Waals surface area contributed by atoms with Crippen molar-refractivity contribution in [3.63, 3.8) is 0 Å². The molecular formula is C10H21O3Si3. The first-order chi connectivity index (χ1) is 7.30. The zero-order valence-corrected chi connectivity index (χ0v) is 13.6. The number of hydrogen-bond donors (Lipinski definition) is 0. The van der Waals surface area contributed by atoms with Crippen LogP contribution in [0.1, 0.15) is 13.3 Å². The summed E-state index contributed by atoms with van der Waals surface area (Å²) in [7, 11) is -6.78. The molecule has 1 aliphatic heterocycles. The van der Waals surface area contributed by atoms with Crippen molar-refractivity contribution in [3.8, 4) is 0 Å². The molecule has 0 spiro atoms. The summed E-state index contributed by atoms with van der Waals surface area (Å²) in [6, 6.07) is 2.17. The zero-order chi connectivity index (χ0) is 12.4. The predicted molar refractivity (Wildman–Crippen MR) is 73.1 cm³/mol.